The van der Waals surface area contributed by atoms with Crippen LogP contribution >= 0.6 is 0 Å². The lowest BCUT2D eigenvalue weighted by Crippen LogP contribution is -1.99. The van der Waals surface area contributed by atoms with Crippen molar-refractivity contribution in [3.05, 3.63) is 261 Å². The van der Waals surface area contributed by atoms with Gasteiger partial charge in [-0.15, -0.1) is 0 Å². The van der Waals surface area contributed by atoms with Gasteiger partial charge in [0.15, 0.2) is 0 Å². The smallest absolute Gasteiger partial charge is 0.0535 e. The van der Waals surface area contributed by atoms with Crippen LogP contribution in [0.5, 0.6) is 0 Å². The predicted molar refractivity (Wildman–Crippen MR) is 286 cm³/mol. The van der Waals surface area contributed by atoms with Crippen LogP contribution in [-0.4, -0.2) is 4.57 Å². The normalized spacial score (nSPS) is 11.6. The van der Waals surface area contributed by atoms with Crippen molar-refractivity contribution in [3.8, 4) is 72.7 Å². The Hall–Kier alpha value is -8.78. The maximum absolute atomic E-state index is 2.43. The monoisotopic (exact) mass is 849 g/mol. The Bertz CT molecular complexity index is 3950. The Morgan fingerprint density at radius 1 is 0.194 bits per heavy atom. The first-order valence-corrected chi connectivity index (χ1v) is 23.1. The van der Waals surface area contributed by atoms with Gasteiger partial charge in [-0.2, -0.15) is 0 Å². The lowest BCUT2D eigenvalue weighted by molar-refractivity contribution is 1.10. The van der Waals surface area contributed by atoms with Crippen molar-refractivity contribution < 1.29 is 0 Å². The summed E-state index contributed by atoms with van der Waals surface area (Å²) in [6, 6.07) is 95.9. The Morgan fingerprint density at radius 3 is 1.15 bits per heavy atom. The van der Waals surface area contributed by atoms with Crippen LogP contribution in [0.3, 0.4) is 0 Å². The molecule has 1 aromatic heterocycles. The molecular weight excluding hydrogens is 807 g/mol. The summed E-state index contributed by atoms with van der Waals surface area (Å²) >= 11 is 0. The Morgan fingerprint density at radius 2 is 0.567 bits per heavy atom. The predicted octanol–water partition coefficient (Wildman–Crippen LogP) is 18.2. The van der Waals surface area contributed by atoms with Crippen molar-refractivity contribution in [3.63, 3.8) is 0 Å². The van der Waals surface area contributed by atoms with E-state index in [9.17, 15) is 0 Å². The summed E-state index contributed by atoms with van der Waals surface area (Å²) in [4.78, 5) is 0. The number of fused-ring (bicyclic) bond motifs is 5. The summed E-state index contributed by atoms with van der Waals surface area (Å²) in [6.07, 6.45) is 0. The van der Waals surface area contributed by atoms with E-state index in [1.165, 1.54) is 121 Å². The molecule has 0 unspecified atom stereocenters. The molecular formula is C66H43N. The minimum atomic E-state index is 1.14. The molecule has 1 heteroatoms. The van der Waals surface area contributed by atoms with Gasteiger partial charge in [-0.3, -0.25) is 0 Å². The highest BCUT2D eigenvalue weighted by atomic mass is 15.0. The van der Waals surface area contributed by atoms with Gasteiger partial charge in [0.2, 0.25) is 0 Å². The Balaban J connectivity index is 0.901. The van der Waals surface area contributed by atoms with Crippen molar-refractivity contribution in [1.29, 1.82) is 0 Å². The Labute approximate surface area is 390 Å². The summed E-state index contributed by atoms with van der Waals surface area (Å²) < 4.78 is 2.39. The van der Waals surface area contributed by atoms with E-state index in [4.69, 9.17) is 0 Å². The minimum Gasteiger partial charge on any atom is -0.309 e. The average molecular weight is 850 g/mol. The van der Waals surface area contributed by atoms with E-state index in [1.54, 1.807) is 0 Å². The molecule has 13 rings (SSSR count). The molecule has 1 nitrogen and oxygen atoms in total. The van der Waals surface area contributed by atoms with Gasteiger partial charge in [-0.05, 0) is 158 Å². The zero-order valence-electron chi connectivity index (χ0n) is 36.8. The van der Waals surface area contributed by atoms with Crippen LogP contribution in [0.1, 0.15) is 0 Å². The van der Waals surface area contributed by atoms with Gasteiger partial charge in [0.25, 0.3) is 0 Å². The topological polar surface area (TPSA) is 4.93 Å². The zero-order valence-corrected chi connectivity index (χ0v) is 36.8. The van der Waals surface area contributed by atoms with Crippen LogP contribution in [0.2, 0.25) is 0 Å². The van der Waals surface area contributed by atoms with E-state index in [0.29, 0.717) is 0 Å². The summed E-state index contributed by atoms with van der Waals surface area (Å²) in [7, 11) is 0. The SMILES string of the molecule is c1ccc(-c2ccc(-c3ccccc3)n2-c2ccc3cc(-c4ccc(-c5ccc6c(-c7ccc8ccccc8c7)c7ccccc7c(-c7ccc8ccccc8c7)c6c5)cc4)ccc3c2)cc1. The van der Waals surface area contributed by atoms with E-state index in [2.05, 4.69) is 265 Å². The number of rotatable bonds is 7. The largest absolute Gasteiger partial charge is 0.309 e. The molecule has 1 heterocycles. The highest BCUT2D eigenvalue weighted by molar-refractivity contribution is 6.22. The third kappa shape index (κ3) is 6.80. The summed E-state index contributed by atoms with van der Waals surface area (Å²) in [5.41, 5.74) is 15.6. The van der Waals surface area contributed by atoms with Crippen LogP contribution < -0.4 is 0 Å². The van der Waals surface area contributed by atoms with Crippen LogP contribution in [0.25, 0.3) is 127 Å². The van der Waals surface area contributed by atoms with Crippen molar-refractivity contribution in [2.75, 3.05) is 0 Å². The second kappa shape index (κ2) is 16.0. The summed E-state index contributed by atoms with van der Waals surface area (Å²) in [5.74, 6) is 0. The van der Waals surface area contributed by atoms with Crippen LogP contribution in [0, 0.1) is 0 Å². The molecule has 0 fully saturated rings. The number of aromatic nitrogens is 1. The summed E-state index contributed by atoms with van der Waals surface area (Å²) in [5, 5.41) is 12.4. The average Bonchev–Trinajstić information content (AvgIpc) is 3.85. The first-order chi connectivity index (χ1) is 33.2. The highest BCUT2D eigenvalue weighted by Crippen LogP contribution is 2.46. The second-order valence-corrected chi connectivity index (χ2v) is 17.7. The van der Waals surface area contributed by atoms with E-state index < -0.39 is 0 Å². The fraction of sp³-hybridized carbons (Fsp3) is 0. The van der Waals surface area contributed by atoms with E-state index in [1.807, 2.05) is 0 Å². The molecule has 0 spiro atoms. The molecule has 0 aliphatic carbocycles. The number of nitrogens with zero attached hydrogens (tertiary/aromatic N) is 1. The van der Waals surface area contributed by atoms with Gasteiger partial charge in [0.05, 0.1) is 11.4 Å². The number of benzene rings is 12. The first kappa shape index (κ1) is 38.7. The fourth-order valence-corrected chi connectivity index (χ4v) is 10.5. The molecule has 0 aliphatic rings. The number of hydrogen-bond acceptors (Lipinski definition) is 0. The lowest BCUT2D eigenvalue weighted by atomic mass is 9.84. The lowest BCUT2D eigenvalue weighted by Gasteiger charge is -2.19. The van der Waals surface area contributed by atoms with E-state index >= 15 is 0 Å². The van der Waals surface area contributed by atoms with Crippen LogP contribution in [0.15, 0.2) is 261 Å². The molecule has 12 aromatic carbocycles. The minimum absolute atomic E-state index is 1.14. The number of hydrogen-bond donors (Lipinski definition) is 0. The quantitative estimate of drug-likeness (QED) is 0.141. The van der Waals surface area contributed by atoms with Crippen molar-refractivity contribution >= 4 is 53.9 Å². The fourth-order valence-electron chi connectivity index (χ4n) is 10.5. The standard InChI is InChI=1S/C66H43N/c1-3-15-48(16-4-1)63-37-38-64(49-17-5-2-6-18-49)67(63)58-35-33-53-39-52(29-30-54(53)42-58)46-23-25-47(26-24-46)55-34-36-61-62(43-55)66(57-32-28-45-14-8-10-20-51(45)41-57)60-22-12-11-21-59(60)65(61)56-31-27-44-13-7-9-19-50(44)40-56/h1-43H. The molecule has 0 radical (unpaired) electrons. The molecule has 312 valence electrons. The van der Waals surface area contributed by atoms with Gasteiger partial charge in [0.1, 0.15) is 0 Å². The molecule has 13 aromatic rings. The third-order valence-corrected chi connectivity index (χ3v) is 13.8. The van der Waals surface area contributed by atoms with Crippen molar-refractivity contribution in [2.24, 2.45) is 0 Å². The molecule has 67 heavy (non-hydrogen) atoms. The molecule has 0 atom stereocenters. The molecule has 0 saturated carbocycles. The van der Waals surface area contributed by atoms with Gasteiger partial charge in [0, 0.05) is 5.69 Å². The van der Waals surface area contributed by atoms with Gasteiger partial charge >= 0.3 is 0 Å². The summed E-state index contributed by atoms with van der Waals surface area (Å²) in [6.45, 7) is 0. The molecule has 0 N–H and O–H groups in total. The van der Waals surface area contributed by atoms with E-state index in [0.717, 1.165) is 5.69 Å². The van der Waals surface area contributed by atoms with Gasteiger partial charge < -0.3 is 4.57 Å². The highest BCUT2D eigenvalue weighted by Gasteiger charge is 2.19. The van der Waals surface area contributed by atoms with Crippen molar-refractivity contribution in [1.82, 2.24) is 4.57 Å². The van der Waals surface area contributed by atoms with Gasteiger partial charge in [-0.1, -0.05) is 212 Å². The second-order valence-electron chi connectivity index (χ2n) is 17.7. The van der Waals surface area contributed by atoms with Crippen molar-refractivity contribution in [2.45, 2.75) is 0 Å². The van der Waals surface area contributed by atoms with Crippen LogP contribution in [0.4, 0.5) is 0 Å². The maximum Gasteiger partial charge on any atom is 0.0535 e. The van der Waals surface area contributed by atoms with Gasteiger partial charge in [-0.25, -0.2) is 0 Å². The molecule has 0 saturated heterocycles. The molecule has 0 bridgehead atoms. The molecule has 0 amide bonds. The zero-order chi connectivity index (χ0) is 44.3. The molecule has 0 aliphatic heterocycles. The van der Waals surface area contributed by atoms with Crippen LogP contribution in [-0.2, 0) is 0 Å². The van der Waals surface area contributed by atoms with E-state index in [-0.39, 0.29) is 0 Å². The Kier molecular flexibility index (Phi) is 9.25. The maximum atomic E-state index is 2.43. The third-order valence-electron chi connectivity index (χ3n) is 13.8. The first-order valence-electron chi connectivity index (χ1n) is 23.1.